The van der Waals surface area contributed by atoms with Crippen LogP contribution in [-0.2, 0) is 0 Å². The van der Waals surface area contributed by atoms with E-state index in [0.29, 0.717) is 6.04 Å². The molecule has 17 heavy (non-hydrogen) atoms. The molecule has 2 heterocycles. The number of anilines is 2. The van der Waals surface area contributed by atoms with Gasteiger partial charge in [-0.25, -0.2) is 4.98 Å². The molecule has 0 amide bonds. The highest BCUT2D eigenvalue weighted by molar-refractivity contribution is 5.49. The van der Waals surface area contributed by atoms with E-state index in [2.05, 4.69) is 22.1 Å². The molecule has 2 rings (SSSR count). The molecule has 1 unspecified atom stereocenters. The summed E-state index contributed by atoms with van der Waals surface area (Å²) in [5, 5.41) is 3.50. The zero-order valence-corrected chi connectivity index (χ0v) is 10.7. The maximum absolute atomic E-state index is 5.77. The second-order valence-electron chi connectivity index (χ2n) is 4.75. The molecule has 0 aromatic carbocycles. The van der Waals surface area contributed by atoms with Crippen molar-refractivity contribution in [2.45, 2.75) is 32.7 Å². The number of nitrogens with zero attached hydrogens (tertiary/aromatic N) is 2. The summed E-state index contributed by atoms with van der Waals surface area (Å²) in [4.78, 5) is 6.94. The first kappa shape index (κ1) is 12.2. The fourth-order valence-corrected chi connectivity index (χ4v) is 2.32. The van der Waals surface area contributed by atoms with Crippen molar-refractivity contribution in [1.29, 1.82) is 0 Å². The lowest BCUT2D eigenvalue weighted by molar-refractivity contribution is 0.226. The number of aromatic nitrogens is 1. The van der Waals surface area contributed by atoms with Gasteiger partial charge >= 0.3 is 0 Å². The van der Waals surface area contributed by atoms with Gasteiger partial charge in [-0.05, 0) is 45.0 Å². The summed E-state index contributed by atoms with van der Waals surface area (Å²) in [6, 6.07) is 4.40. The number of hydrogen-bond donors (Lipinski definition) is 2. The number of likely N-dealkylation sites (tertiary alicyclic amines) is 1. The summed E-state index contributed by atoms with van der Waals surface area (Å²) < 4.78 is 0. The topological polar surface area (TPSA) is 54.2 Å². The average Bonchev–Trinajstić information content (AvgIpc) is 2.34. The molecule has 1 aromatic rings. The number of nitrogens with one attached hydrogen (secondary N) is 1. The highest BCUT2D eigenvalue weighted by atomic mass is 15.2. The van der Waals surface area contributed by atoms with E-state index in [1.165, 1.54) is 19.4 Å². The molecule has 0 spiro atoms. The van der Waals surface area contributed by atoms with Crippen molar-refractivity contribution in [3.8, 4) is 0 Å². The Kier molecular flexibility index (Phi) is 3.84. The van der Waals surface area contributed by atoms with Gasteiger partial charge in [-0.15, -0.1) is 0 Å². The quantitative estimate of drug-likeness (QED) is 0.838. The van der Waals surface area contributed by atoms with Gasteiger partial charge in [0, 0.05) is 12.6 Å². The van der Waals surface area contributed by atoms with Gasteiger partial charge in [0.1, 0.15) is 5.82 Å². The molecule has 4 nitrogen and oxygen atoms in total. The third-order valence-electron chi connectivity index (χ3n) is 3.43. The van der Waals surface area contributed by atoms with Crippen LogP contribution < -0.4 is 11.1 Å². The van der Waals surface area contributed by atoms with E-state index in [-0.39, 0.29) is 0 Å². The van der Waals surface area contributed by atoms with E-state index in [9.17, 15) is 0 Å². The van der Waals surface area contributed by atoms with E-state index >= 15 is 0 Å². The van der Waals surface area contributed by atoms with Gasteiger partial charge < -0.3 is 16.0 Å². The summed E-state index contributed by atoms with van der Waals surface area (Å²) in [5.74, 6) is 0.944. The van der Waals surface area contributed by atoms with Crippen LogP contribution in [0.15, 0.2) is 12.1 Å². The molecule has 1 saturated heterocycles. The van der Waals surface area contributed by atoms with Crippen LogP contribution >= 0.6 is 0 Å². The summed E-state index contributed by atoms with van der Waals surface area (Å²) in [7, 11) is 0. The Balaban J connectivity index is 1.97. The Morgan fingerprint density at radius 2 is 2.35 bits per heavy atom. The molecule has 3 N–H and O–H groups in total. The largest absolute Gasteiger partial charge is 0.397 e. The Morgan fingerprint density at radius 1 is 1.53 bits per heavy atom. The van der Waals surface area contributed by atoms with Crippen LogP contribution in [0.2, 0.25) is 0 Å². The predicted octanol–water partition coefficient (Wildman–Crippen LogP) is 1.87. The van der Waals surface area contributed by atoms with Crippen molar-refractivity contribution in [3.05, 3.63) is 17.8 Å². The Labute approximate surface area is 103 Å². The summed E-state index contributed by atoms with van der Waals surface area (Å²) >= 11 is 0. The number of nitrogen functional groups attached to an aromatic ring is 1. The molecule has 4 heteroatoms. The van der Waals surface area contributed by atoms with Crippen LogP contribution in [0.1, 0.15) is 25.5 Å². The SMILES string of the molecule is CCN1CCCC(Nc2ccc(N)c(C)n2)C1. The predicted molar refractivity (Wildman–Crippen MR) is 72.1 cm³/mol. The molecular formula is C13H22N4. The molecule has 0 aliphatic carbocycles. The van der Waals surface area contributed by atoms with Gasteiger partial charge in [0.25, 0.3) is 0 Å². The molecular weight excluding hydrogens is 212 g/mol. The van der Waals surface area contributed by atoms with Crippen LogP contribution in [0.25, 0.3) is 0 Å². The van der Waals surface area contributed by atoms with E-state index < -0.39 is 0 Å². The van der Waals surface area contributed by atoms with Gasteiger partial charge in [-0.3, -0.25) is 0 Å². The monoisotopic (exact) mass is 234 g/mol. The zero-order valence-electron chi connectivity index (χ0n) is 10.7. The van der Waals surface area contributed by atoms with Crippen molar-refractivity contribution in [3.63, 3.8) is 0 Å². The van der Waals surface area contributed by atoms with E-state index in [0.717, 1.165) is 30.3 Å². The third kappa shape index (κ3) is 3.09. The zero-order chi connectivity index (χ0) is 12.3. The van der Waals surface area contributed by atoms with Crippen LogP contribution in [0, 0.1) is 6.92 Å². The number of likely N-dealkylation sites (N-methyl/N-ethyl adjacent to an activating group) is 1. The third-order valence-corrected chi connectivity index (χ3v) is 3.43. The normalized spacial score (nSPS) is 21.4. The molecule has 0 radical (unpaired) electrons. The van der Waals surface area contributed by atoms with E-state index in [1.807, 2.05) is 19.1 Å². The molecule has 94 valence electrons. The second kappa shape index (κ2) is 5.36. The number of piperidine rings is 1. The maximum atomic E-state index is 5.77. The minimum atomic E-state index is 0.513. The lowest BCUT2D eigenvalue weighted by Crippen LogP contribution is -2.41. The molecule has 1 atom stereocenters. The van der Waals surface area contributed by atoms with E-state index in [4.69, 9.17) is 5.73 Å². The van der Waals surface area contributed by atoms with Gasteiger partial charge in [0.05, 0.1) is 11.4 Å². The summed E-state index contributed by atoms with van der Waals surface area (Å²) in [6.45, 7) is 7.63. The lowest BCUT2D eigenvalue weighted by atomic mass is 10.1. The number of pyridine rings is 1. The van der Waals surface area contributed by atoms with Crippen molar-refractivity contribution >= 4 is 11.5 Å². The fraction of sp³-hybridized carbons (Fsp3) is 0.615. The van der Waals surface area contributed by atoms with Gasteiger partial charge in [0.15, 0.2) is 0 Å². The number of aryl methyl sites for hydroxylation is 1. The first-order chi connectivity index (χ1) is 8.19. The van der Waals surface area contributed by atoms with Crippen molar-refractivity contribution < 1.29 is 0 Å². The van der Waals surface area contributed by atoms with Crippen LogP contribution in [0.5, 0.6) is 0 Å². The summed E-state index contributed by atoms with van der Waals surface area (Å²) in [5.41, 5.74) is 7.43. The van der Waals surface area contributed by atoms with Crippen molar-refractivity contribution in [2.75, 3.05) is 30.7 Å². The van der Waals surface area contributed by atoms with Gasteiger partial charge in [-0.2, -0.15) is 0 Å². The van der Waals surface area contributed by atoms with Crippen LogP contribution in [-0.4, -0.2) is 35.6 Å². The molecule has 0 saturated carbocycles. The first-order valence-corrected chi connectivity index (χ1v) is 6.41. The number of hydrogen-bond acceptors (Lipinski definition) is 4. The molecule has 1 aliphatic heterocycles. The molecule has 1 aliphatic rings. The highest BCUT2D eigenvalue weighted by Crippen LogP contribution is 2.17. The molecule has 0 bridgehead atoms. The minimum Gasteiger partial charge on any atom is -0.397 e. The average molecular weight is 234 g/mol. The van der Waals surface area contributed by atoms with Gasteiger partial charge in [0.2, 0.25) is 0 Å². The Morgan fingerprint density at radius 3 is 3.06 bits per heavy atom. The fourth-order valence-electron chi connectivity index (χ4n) is 2.32. The smallest absolute Gasteiger partial charge is 0.126 e. The van der Waals surface area contributed by atoms with Crippen molar-refractivity contribution in [2.24, 2.45) is 0 Å². The van der Waals surface area contributed by atoms with Crippen LogP contribution in [0.3, 0.4) is 0 Å². The minimum absolute atomic E-state index is 0.513. The lowest BCUT2D eigenvalue weighted by Gasteiger charge is -2.32. The number of rotatable bonds is 3. The number of nitrogens with two attached hydrogens (primary N) is 1. The Bertz CT molecular complexity index is 378. The molecule has 1 aromatic heterocycles. The first-order valence-electron chi connectivity index (χ1n) is 6.41. The summed E-state index contributed by atoms with van der Waals surface area (Å²) in [6.07, 6.45) is 2.49. The van der Waals surface area contributed by atoms with Crippen molar-refractivity contribution in [1.82, 2.24) is 9.88 Å². The van der Waals surface area contributed by atoms with Gasteiger partial charge in [-0.1, -0.05) is 6.92 Å². The Hall–Kier alpha value is -1.29. The second-order valence-corrected chi connectivity index (χ2v) is 4.75. The molecule has 1 fully saturated rings. The maximum Gasteiger partial charge on any atom is 0.126 e. The highest BCUT2D eigenvalue weighted by Gasteiger charge is 2.18. The van der Waals surface area contributed by atoms with E-state index in [1.54, 1.807) is 0 Å². The standard InChI is InChI=1S/C13H22N4/c1-3-17-8-4-5-11(9-17)16-13-7-6-12(14)10(2)15-13/h6-7,11H,3-5,8-9,14H2,1-2H3,(H,15,16). The van der Waals surface area contributed by atoms with Crippen LogP contribution in [0.4, 0.5) is 11.5 Å².